The van der Waals surface area contributed by atoms with Crippen LogP contribution in [0.4, 0.5) is 0 Å². The second kappa shape index (κ2) is 3.85. The minimum atomic E-state index is -3.48. The van der Waals surface area contributed by atoms with E-state index < -0.39 is 15.6 Å². The van der Waals surface area contributed by atoms with E-state index in [1.807, 2.05) is 39.0 Å². The van der Waals surface area contributed by atoms with Crippen LogP contribution in [0, 0.1) is 0 Å². The van der Waals surface area contributed by atoms with Crippen LogP contribution in [0.1, 0.15) is 20.8 Å². The molecule has 0 amide bonds. The Balaban J connectivity index is 2.54. The van der Waals surface area contributed by atoms with E-state index >= 15 is 0 Å². The van der Waals surface area contributed by atoms with Crippen molar-refractivity contribution in [3.63, 3.8) is 0 Å². The Bertz CT molecular complexity index is 636. The average molecular weight is 252 g/mol. The maximum atomic E-state index is 12.2. The average Bonchev–Trinajstić information content (AvgIpc) is 2.57. The van der Waals surface area contributed by atoms with Crippen LogP contribution in [-0.4, -0.2) is 18.9 Å². The van der Waals surface area contributed by atoms with Gasteiger partial charge in [0, 0.05) is 22.6 Å². The monoisotopic (exact) mass is 252 g/mol. The molecule has 0 aliphatic carbocycles. The zero-order valence-electron chi connectivity index (χ0n) is 10.1. The number of benzene rings is 1. The number of para-hydroxylation sites is 1. The largest absolute Gasteiger partial charge is 0.360 e. The van der Waals surface area contributed by atoms with Gasteiger partial charge in [-0.15, -0.1) is 0 Å². The van der Waals surface area contributed by atoms with Gasteiger partial charge in [0.05, 0.1) is 0 Å². The summed E-state index contributed by atoms with van der Waals surface area (Å²) >= 11 is 0. The first-order chi connectivity index (χ1) is 7.80. The molecule has 0 aliphatic rings. The third-order valence-electron chi connectivity index (χ3n) is 2.28. The van der Waals surface area contributed by atoms with Gasteiger partial charge in [0.25, 0.3) is 0 Å². The summed E-state index contributed by atoms with van der Waals surface area (Å²) in [6.45, 7) is 5.46. The van der Waals surface area contributed by atoms with Crippen LogP contribution in [0.15, 0.2) is 35.4 Å². The molecule has 5 heteroatoms. The van der Waals surface area contributed by atoms with E-state index in [-0.39, 0.29) is 0 Å². The molecule has 2 aromatic rings. The standard InChI is InChI=1S/C12H16N2O2S/c1-12(2,3)14-17(15,16)11-8-13-10-7-5-4-6-9(10)11/h4-8,13-14H,1-3H3. The van der Waals surface area contributed by atoms with Gasteiger partial charge < -0.3 is 4.98 Å². The molecule has 0 spiro atoms. The molecule has 0 saturated heterocycles. The predicted octanol–water partition coefficient (Wildman–Crippen LogP) is 2.24. The summed E-state index contributed by atoms with van der Waals surface area (Å²) < 4.78 is 27.0. The van der Waals surface area contributed by atoms with Gasteiger partial charge in [-0.05, 0) is 26.8 Å². The molecule has 4 nitrogen and oxygen atoms in total. The number of fused-ring (bicyclic) bond motifs is 1. The summed E-state index contributed by atoms with van der Waals surface area (Å²) in [5, 5.41) is 0.712. The molecule has 1 aromatic heterocycles. The van der Waals surface area contributed by atoms with Crippen LogP contribution in [0.5, 0.6) is 0 Å². The van der Waals surface area contributed by atoms with Crippen molar-refractivity contribution in [2.45, 2.75) is 31.2 Å². The molecule has 0 fully saturated rings. The second-order valence-corrected chi connectivity index (χ2v) is 6.70. The van der Waals surface area contributed by atoms with Gasteiger partial charge in [-0.2, -0.15) is 0 Å². The van der Waals surface area contributed by atoms with Crippen molar-refractivity contribution in [1.82, 2.24) is 9.71 Å². The molecular weight excluding hydrogens is 236 g/mol. The molecule has 0 atom stereocenters. The van der Waals surface area contributed by atoms with E-state index in [1.54, 1.807) is 6.07 Å². The SMILES string of the molecule is CC(C)(C)NS(=O)(=O)c1c[nH]c2ccccc12. The fourth-order valence-electron chi connectivity index (χ4n) is 1.73. The molecule has 0 unspecified atom stereocenters. The molecule has 2 rings (SSSR count). The topological polar surface area (TPSA) is 62.0 Å². The van der Waals surface area contributed by atoms with Gasteiger partial charge in [0.2, 0.25) is 10.0 Å². The van der Waals surface area contributed by atoms with E-state index in [1.165, 1.54) is 6.20 Å². The summed E-state index contributed by atoms with van der Waals surface area (Å²) in [6.07, 6.45) is 1.53. The van der Waals surface area contributed by atoms with Crippen molar-refractivity contribution in [2.24, 2.45) is 0 Å². The summed E-state index contributed by atoms with van der Waals surface area (Å²) in [6, 6.07) is 7.34. The highest BCUT2D eigenvalue weighted by atomic mass is 32.2. The maximum absolute atomic E-state index is 12.2. The van der Waals surface area contributed by atoms with E-state index in [0.717, 1.165) is 5.52 Å². The number of rotatable bonds is 2. The highest BCUT2D eigenvalue weighted by Crippen LogP contribution is 2.23. The number of sulfonamides is 1. The lowest BCUT2D eigenvalue weighted by Gasteiger charge is -2.19. The van der Waals surface area contributed by atoms with Crippen molar-refractivity contribution in [2.75, 3.05) is 0 Å². The van der Waals surface area contributed by atoms with Crippen molar-refractivity contribution in [3.8, 4) is 0 Å². The maximum Gasteiger partial charge on any atom is 0.243 e. The molecular formula is C12H16N2O2S. The zero-order chi connectivity index (χ0) is 12.7. The van der Waals surface area contributed by atoms with Gasteiger partial charge >= 0.3 is 0 Å². The Labute approximate surface area is 101 Å². The quantitative estimate of drug-likeness (QED) is 0.861. The van der Waals surface area contributed by atoms with E-state index in [2.05, 4.69) is 9.71 Å². The fourth-order valence-corrected chi connectivity index (χ4v) is 3.32. The molecule has 0 aliphatic heterocycles. The predicted molar refractivity (Wildman–Crippen MR) is 68.4 cm³/mol. The second-order valence-electron chi connectivity index (χ2n) is 5.05. The molecule has 2 N–H and O–H groups in total. The lowest BCUT2D eigenvalue weighted by atomic mass is 10.1. The third kappa shape index (κ3) is 2.50. The van der Waals surface area contributed by atoms with E-state index in [9.17, 15) is 8.42 Å². The van der Waals surface area contributed by atoms with Crippen molar-refractivity contribution >= 4 is 20.9 Å². The highest BCUT2D eigenvalue weighted by molar-refractivity contribution is 7.89. The molecule has 1 heterocycles. The van der Waals surface area contributed by atoms with Crippen molar-refractivity contribution in [3.05, 3.63) is 30.5 Å². The van der Waals surface area contributed by atoms with Crippen LogP contribution >= 0.6 is 0 Å². The Morgan fingerprint density at radius 2 is 1.82 bits per heavy atom. The Kier molecular flexibility index (Phi) is 2.75. The summed E-state index contributed by atoms with van der Waals surface area (Å²) in [5.74, 6) is 0. The summed E-state index contributed by atoms with van der Waals surface area (Å²) in [4.78, 5) is 3.26. The molecule has 17 heavy (non-hydrogen) atoms. The van der Waals surface area contributed by atoms with Crippen LogP contribution in [-0.2, 0) is 10.0 Å². The minimum Gasteiger partial charge on any atom is -0.360 e. The fraction of sp³-hybridized carbons (Fsp3) is 0.333. The molecule has 0 radical (unpaired) electrons. The van der Waals surface area contributed by atoms with Gasteiger partial charge in [-0.25, -0.2) is 13.1 Å². The first-order valence-corrected chi connectivity index (χ1v) is 6.88. The normalized spacial score (nSPS) is 13.1. The van der Waals surface area contributed by atoms with Crippen LogP contribution in [0.2, 0.25) is 0 Å². The summed E-state index contributed by atoms with van der Waals surface area (Å²) in [7, 11) is -3.48. The summed E-state index contributed by atoms with van der Waals surface area (Å²) in [5.41, 5.74) is 0.332. The third-order valence-corrected chi connectivity index (χ3v) is 4.08. The van der Waals surface area contributed by atoms with Crippen LogP contribution in [0.25, 0.3) is 10.9 Å². The minimum absolute atomic E-state index is 0.294. The molecule has 92 valence electrons. The Morgan fingerprint density at radius 1 is 1.18 bits per heavy atom. The number of hydrogen-bond donors (Lipinski definition) is 2. The first kappa shape index (κ1) is 12.1. The Morgan fingerprint density at radius 3 is 2.47 bits per heavy atom. The smallest absolute Gasteiger partial charge is 0.243 e. The van der Waals surface area contributed by atoms with Crippen molar-refractivity contribution in [1.29, 1.82) is 0 Å². The van der Waals surface area contributed by atoms with Crippen molar-refractivity contribution < 1.29 is 8.42 Å². The van der Waals surface area contributed by atoms with E-state index in [4.69, 9.17) is 0 Å². The van der Waals surface area contributed by atoms with Gasteiger partial charge in [0.15, 0.2) is 0 Å². The van der Waals surface area contributed by atoms with Gasteiger partial charge in [0.1, 0.15) is 4.90 Å². The first-order valence-electron chi connectivity index (χ1n) is 5.40. The van der Waals surface area contributed by atoms with Crippen LogP contribution in [0.3, 0.4) is 0 Å². The van der Waals surface area contributed by atoms with Gasteiger partial charge in [-0.3, -0.25) is 0 Å². The van der Waals surface area contributed by atoms with Gasteiger partial charge in [-0.1, -0.05) is 18.2 Å². The number of H-pyrrole nitrogens is 1. The lowest BCUT2D eigenvalue weighted by molar-refractivity contribution is 0.492. The van der Waals surface area contributed by atoms with Crippen LogP contribution < -0.4 is 4.72 Å². The molecule has 0 bridgehead atoms. The highest BCUT2D eigenvalue weighted by Gasteiger charge is 2.24. The zero-order valence-corrected chi connectivity index (χ0v) is 10.9. The number of hydrogen-bond acceptors (Lipinski definition) is 2. The number of aromatic amines is 1. The Hall–Kier alpha value is -1.33. The lowest BCUT2D eigenvalue weighted by Crippen LogP contribution is -2.40. The molecule has 1 aromatic carbocycles. The van der Waals surface area contributed by atoms with E-state index in [0.29, 0.717) is 10.3 Å². The molecule has 0 saturated carbocycles. The number of aromatic nitrogens is 1. The number of nitrogens with one attached hydrogen (secondary N) is 2.